The second-order valence-corrected chi connectivity index (χ2v) is 4.26. The first-order chi connectivity index (χ1) is 9.08. The lowest BCUT2D eigenvalue weighted by Crippen LogP contribution is -2.20. The maximum atomic E-state index is 11.4. The Morgan fingerprint density at radius 1 is 1.37 bits per heavy atom. The molecule has 1 aromatic rings. The van der Waals surface area contributed by atoms with Gasteiger partial charge in [-0.25, -0.2) is 0 Å². The van der Waals surface area contributed by atoms with E-state index in [1.165, 1.54) is 6.92 Å². The van der Waals surface area contributed by atoms with Crippen LogP contribution < -0.4 is 10.6 Å². The van der Waals surface area contributed by atoms with Gasteiger partial charge >= 0.3 is 0 Å². The maximum Gasteiger partial charge on any atom is 0.296 e. The Kier molecular flexibility index (Phi) is 3.75. The number of rotatable bonds is 4. The third-order valence-corrected chi connectivity index (χ3v) is 2.74. The summed E-state index contributed by atoms with van der Waals surface area (Å²) in [5.41, 5.74) is 1.87. The number of carbonyl (C=O) groups excluding carboxylic acids is 3. The number of nitrogens with one attached hydrogen (secondary N) is 2. The van der Waals surface area contributed by atoms with Crippen LogP contribution in [0.4, 0.5) is 5.69 Å². The van der Waals surface area contributed by atoms with Crippen molar-refractivity contribution in [1.29, 1.82) is 0 Å². The quantitative estimate of drug-likeness (QED) is 0.632. The van der Waals surface area contributed by atoms with Gasteiger partial charge in [-0.3, -0.25) is 14.4 Å². The molecule has 19 heavy (non-hydrogen) atoms. The fourth-order valence-electron chi connectivity index (χ4n) is 1.82. The van der Waals surface area contributed by atoms with E-state index in [-0.39, 0.29) is 5.91 Å². The Hall–Kier alpha value is -2.43. The number of Topliss-reactive ketones (excluding diaryl/α,β-unsaturated/α-hetero) is 1. The van der Waals surface area contributed by atoms with Gasteiger partial charge in [0.25, 0.3) is 11.7 Å². The van der Waals surface area contributed by atoms with Crippen LogP contribution in [0.25, 0.3) is 6.08 Å². The Balaban J connectivity index is 1.98. The van der Waals surface area contributed by atoms with Gasteiger partial charge in [0, 0.05) is 13.5 Å². The Labute approximate surface area is 110 Å². The minimum atomic E-state index is -0.582. The monoisotopic (exact) mass is 258 g/mol. The molecule has 0 unspecified atom stereocenters. The molecule has 5 heteroatoms. The molecule has 2 rings (SSSR count). The first-order valence-corrected chi connectivity index (χ1v) is 5.98. The molecule has 0 aliphatic carbocycles. The van der Waals surface area contributed by atoms with Gasteiger partial charge in [-0.15, -0.1) is 0 Å². The van der Waals surface area contributed by atoms with E-state index >= 15 is 0 Å². The lowest BCUT2D eigenvalue weighted by Gasteiger charge is -2.00. The van der Waals surface area contributed by atoms with Crippen molar-refractivity contribution in [2.45, 2.75) is 13.3 Å². The number of amides is 2. The van der Waals surface area contributed by atoms with Crippen molar-refractivity contribution >= 4 is 29.4 Å². The number of ketones is 1. The van der Waals surface area contributed by atoms with E-state index in [1.807, 2.05) is 12.2 Å². The zero-order chi connectivity index (χ0) is 13.8. The standard InChI is InChI=1S/C14H14N2O3/c1-9(17)15-7-3-2-4-10-5-6-11-12(8-10)16-14(19)13(11)18/h2,4-6,8H,3,7H2,1H3,(H,15,17)(H,16,18,19). The van der Waals surface area contributed by atoms with E-state index in [4.69, 9.17) is 0 Å². The first kappa shape index (κ1) is 13.0. The Morgan fingerprint density at radius 2 is 2.16 bits per heavy atom. The molecule has 1 aromatic carbocycles. The van der Waals surface area contributed by atoms with Crippen molar-refractivity contribution in [1.82, 2.24) is 5.32 Å². The zero-order valence-corrected chi connectivity index (χ0v) is 10.5. The van der Waals surface area contributed by atoms with E-state index in [2.05, 4.69) is 10.6 Å². The van der Waals surface area contributed by atoms with E-state index in [1.54, 1.807) is 18.2 Å². The first-order valence-electron chi connectivity index (χ1n) is 5.98. The fourth-order valence-corrected chi connectivity index (χ4v) is 1.82. The lowest BCUT2D eigenvalue weighted by atomic mass is 10.1. The smallest absolute Gasteiger partial charge is 0.296 e. The topological polar surface area (TPSA) is 75.3 Å². The number of carbonyl (C=O) groups is 3. The van der Waals surface area contributed by atoms with Gasteiger partial charge in [0.15, 0.2) is 0 Å². The number of fused-ring (bicyclic) bond motifs is 1. The highest BCUT2D eigenvalue weighted by Crippen LogP contribution is 2.24. The molecule has 1 aliphatic heterocycles. The molecule has 5 nitrogen and oxygen atoms in total. The summed E-state index contributed by atoms with van der Waals surface area (Å²) in [5, 5.41) is 5.22. The van der Waals surface area contributed by atoms with Crippen molar-refractivity contribution in [3.05, 3.63) is 35.4 Å². The van der Waals surface area contributed by atoms with Gasteiger partial charge in [-0.2, -0.15) is 0 Å². The average molecular weight is 258 g/mol. The molecular formula is C14H14N2O3. The van der Waals surface area contributed by atoms with Gasteiger partial charge < -0.3 is 10.6 Å². The number of hydrogen-bond acceptors (Lipinski definition) is 3. The summed E-state index contributed by atoms with van der Waals surface area (Å²) in [5.74, 6) is -1.12. The minimum absolute atomic E-state index is 0.0489. The molecule has 2 amide bonds. The highest BCUT2D eigenvalue weighted by Gasteiger charge is 2.27. The Morgan fingerprint density at radius 3 is 2.89 bits per heavy atom. The highest BCUT2D eigenvalue weighted by atomic mass is 16.2. The average Bonchev–Trinajstić information content (AvgIpc) is 2.64. The Bertz CT molecular complexity index is 576. The number of anilines is 1. The molecule has 0 fully saturated rings. The van der Waals surface area contributed by atoms with Gasteiger partial charge in [0.2, 0.25) is 5.91 Å². The molecule has 0 atom stereocenters. The second kappa shape index (κ2) is 5.48. The zero-order valence-electron chi connectivity index (χ0n) is 10.5. The SMILES string of the molecule is CC(=O)NCCC=Cc1ccc2c(c1)NC(=O)C2=O. The predicted octanol–water partition coefficient (Wildman–Crippen LogP) is 1.36. The summed E-state index contributed by atoms with van der Waals surface area (Å²) in [7, 11) is 0. The molecule has 0 saturated heterocycles. The van der Waals surface area contributed by atoms with Crippen molar-refractivity contribution in [2.75, 3.05) is 11.9 Å². The van der Waals surface area contributed by atoms with E-state index < -0.39 is 11.7 Å². The van der Waals surface area contributed by atoms with Crippen molar-refractivity contribution < 1.29 is 14.4 Å². The fraction of sp³-hybridized carbons (Fsp3) is 0.214. The second-order valence-electron chi connectivity index (χ2n) is 4.26. The maximum absolute atomic E-state index is 11.4. The molecule has 98 valence electrons. The molecule has 0 saturated carbocycles. The van der Waals surface area contributed by atoms with Crippen molar-refractivity contribution in [3.63, 3.8) is 0 Å². The molecule has 2 N–H and O–H groups in total. The largest absolute Gasteiger partial charge is 0.356 e. The summed E-state index contributed by atoms with van der Waals surface area (Å²) in [4.78, 5) is 33.2. The van der Waals surface area contributed by atoms with Crippen LogP contribution in [0.3, 0.4) is 0 Å². The molecule has 1 aliphatic rings. The summed E-state index contributed by atoms with van der Waals surface area (Å²) in [6.07, 6.45) is 4.54. The summed E-state index contributed by atoms with van der Waals surface area (Å²) in [6.45, 7) is 2.07. The van der Waals surface area contributed by atoms with Crippen LogP contribution in [0.2, 0.25) is 0 Å². The lowest BCUT2D eigenvalue weighted by molar-refractivity contribution is -0.119. The molecular weight excluding hydrogens is 244 g/mol. The van der Waals surface area contributed by atoms with Gasteiger partial charge in [-0.05, 0) is 24.1 Å². The van der Waals surface area contributed by atoms with Gasteiger partial charge in [0.1, 0.15) is 0 Å². The molecule has 1 heterocycles. The van der Waals surface area contributed by atoms with Crippen LogP contribution in [0.15, 0.2) is 24.3 Å². The summed E-state index contributed by atoms with van der Waals surface area (Å²) >= 11 is 0. The number of benzene rings is 1. The van der Waals surface area contributed by atoms with Crippen LogP contribution in [-0.2, 0) is 9.59 Å². The summed E-state index contributed by atoms with van der Waals surface area (Å²) in [6, 6.07) is 5.18. The number of hydrogen-bond donors (Lipinski definition) is 2. The van der Waals surface area contributed by atoms with Crippen molar-refractivity contribution in [3.8, 4) is 0 Å². The van der Waals surface area contributed by atoms with Gasteiger partial charge in [-0.1, -0.05) is 18.2 Å². The summed E-state index contributed by atoms with van der Waals surface area (Å²) < 4.78 is 0. The predicted molar refractivity (Wildman–Crippen MR) is 71.7 cm³/mol. The molecule has 0 aromatic heterocycles. The van der Waals surface area contributed by atoms with Crippen LogP contribution in [-0.4, -0.2) is 24.1 Å². The normalized spacial score (nSPS) is 13.5. The van der Waals surface area contributed by atoms with E-state index in [0.29, 0.717) is 17.8 Å². The minimum Gasteiger partial charge on any atom is -0.356 e. The molecule has 0 bridgehead atoms. The highest BCUT2D eigenvalue weighted by molar-refractivity contribution is 6.51. The van der Waals surface area contributed by atoms with Crippen LogP contribution in [0.1, 0.15) is 29.3 Å². The van der Waals surface area contributed by atoms with Crippen LogP contribution in [0.5, 0.6) is 0 Å². The van der Waals surface area contributed by atoms with Crippen LogP contribution >= 0.6 is 0 Å². The third kappa shape index (κ3) is 3.07. The molecule has 0 spiro atoms. The van der Waals surface area contributed by atoms with E-state index in [9.17, 15) is 14.4 Å². The van der Waals surface area contributed by atoms with Gasteiger partial charge in [0.05, 0.1) is 11.3 Å². The van der Waals surface area contributed by atoms with Crippen molar-refractivity contribution in [2.24, 2.45) is 0 Å². The third-order valence-electron chi connectivity index (χ3n) is 2.74. The van der Waals surface area contributed by atoms with Crippen LogP contribution in [0, 0.1) is 0 Å². The molecule has 0 radical (unpaired) electrons. The van der Waals surface area contributed by atoms with E-state index in [0.717, 1.165) is 12.0 Å².